The first-order chi connectivity index (χ1) is 10.4. The number of halogens is 3. The minimum Gasteiger partial charge on any atom is -0.359 e. The quantitative estimate of drug-likeness (QED) is 0.873. The molecular formula is C13H15F3N4O2. The molecule has 0 aliphatic carbocycles. The van der Waals surface area contributed by atoms with E-state index in [1.54, 1.807) is 16.7 Å². The van der Waals surface area contributed by atoms with Crippen molar-refractivity contribution in [3.8, 4) is 0 Å². The number of pyridine rings is 1. The van der Waals surface area contributed by atoms with Gasteiger partial charge in [-0.2, -0.15) is 13.2 Å². The zero-order chi connectivity index (χ0) is 16.2. The highest BCUT2D eigenvalue weighted by Crippen LogP contribution is 2.15. The predicted molar refractivity (Wildman–Crippen MR) is 71.2 cm³/mol. The number of aromatic nitrogens is 3. The number of hydrogen-bond donors (Lipinski definition) is 1. The van der Waals surface area contributed by atoms with Crippen LogP contribution in [0, 0.1) is 0 Å². The van der Waals surface area contributed by atoms with Gasteiger partial charge in [0.25, 0.3) is 0 Å². The van der Waals surface area contributed by atoms with E-state index in [4.69, 9.17) is 0 Å². The van der Waals surface area contributed by atoms with E-state index in [-0.39, 0.29) is 6.54 Å². The van der Waals surface area contributed by atoms with Crippen molar-refractivity contribution >= 4 is 11.6 Å². The molecule has 0 saturated carbocycles. The van der Waals surface area contributed by atoms with Gasteiger partial charge in [0.1, 0.15) is 18.5 Å². The molecule has 2 heterocycles. The number of alkyl halides is 3. The Bertz CT molecular complexity index is 641. The summed E-state index contributed by atoms with van der Waals surface area (Å²) in [6, 6.07) is 5.45. The maximum atomic E-state index is 12.0. The van der Waals surface area contributed by atoms with Crippen LogP contribution in [0.15, 0.2) is 24.4 Å². The summed E-state index contributed by atoms with van der Waals surface area (Å²) < 4.78 is 42.2. The fourth-order valence-corrected chi connectivity index (χ4v) is 1.80. The molecule has 1 amide bonds. The Labute approximate surface area is 124 Å². The lowest BCUT2D eigenvalue weighted by molar-refractivity contribution is -0.185. The molecule has 0 aliphatic heterocycles. The average Bonchev–Trinajstić information content (AvgIpc) is 2.87. The van der Waals surface area contributed by atoms with Crippen LogP contribution in [0.4, 0.5) is 13.2 Å². The van der Waals surface area contributed by atoms with Crippen molar-refractivity contribution in [2.45, 2.75) is 25.6 Å². The van der Waals surface area contributed by atoms with E-state index in [1.165, 1.54) is 6.92 Å². The molecule has 6 nitrogen and oxygen atoms in total. The number of hydrogen-bond acceptors (Lipinski definition) is 4. The molecule has 0 aromatic carbocycles. The van der Waals surface area contributed by atoms with Gasteiger partial charge in [-0.05, 0) is 19.1 Å². The van der Waals surface area contributed by atoms with Crippen molar-refractivity contribution in [3.05, 3.63) is 30.2 Å². The van der Waals surface area contributed by atoms with Crippen LogP contribution in [-0.2, 0) is 16.0 Å². The maximum Gasteiger partial charge on any atom is 0.411 e. The second kappa shape index (κ2) is 6.73. The summed E-state index contributed by atoms with van der Waals surface area (Å²) in [5.74, 6) is 0.0535. The van der Waals surface area contributed by atoms with Gasteiger partial charge in [-0.3, -0.25) is 9.20 Å². The summed E-state index contributed by atoms with van der Waals surface area (Å²) in [5.41, 5.74) is 0.686. The van der Waals surface area contributed by atoms with E-state index >= 15 is 0 Å². The van der Waals surface area contributed by atoms with E-state index in [0.717, 1.165) is 0 Å². The highest BCUT2D eigenvalue weighted by atomic mass is 19.4. The number of carbonyl (C=O) groups excluding carboxylic acids is 1. The lowest BCUT2D eigenvalue weighted by Crippen LogP contribution is -2.37. The molecule has 22 heavy (non-hydrogen) atoms. The van der Waals surface area contributed by atoms with Crippen LogP contribution in [0.25, 0.3) is 5.65 Å². The lowest BCUT2D eigenvalue weighted by Gasteiger charge is -2.14. The highest BCUT2D eigenvalue weighted by Gasteiger charge is 2.29. The van der Waals surface area contributed by atoms with Gasteiger partial charge in [-0.25, -0.2) is 0 Å². The molecule has 0 aliphatic rings. The summed E-state index contributed by atoms with van der Waals surface area (Å²) in [5, 5.41) is 10.5. The molecule has 0 radical (unpaired) electrons. The average molecular weight is 316 g/mol. The number of amides is 1. The van der Waals surface area contributed by atoms with Crippen molar-refractivity contribution in [1.29, 1.82) is 0 Å². The van der Waals surface area contributed by atoms with Gasteiger partial charge in [0.2, 0.25) is 5.91 Å². The van der Waals surface area contributed by atoms with E-state index in [9.17, 15) is 18.0 Å². The number of rotatable bonds is 6. The fraction of sp³-hybridized carbons (Fsp3) is 0.462. The van der Waals surface area contributed by atoms with Crippen molar-refractivity contribution in [3.63, 3.8) is 0 Å². The Kier molecular flexibility index (Phi) is 4.96. The number of nitrogens with zero attached hydrogens (tertiary/aromatic N) is 3. The summed E-state index contributed by atoms with van der Waals surface area (Å²) in [7, 11) is 0. The minimum absolute atomic E-state index is 0.230. The van der Waals surface area contributed by atoms with Crippen LogP contribution in [0.2, 0.25) is 0 Å². The van der Waals surface area contributed by atoms with Gasteiger partial charge in [-0.1, -0.05) is 6.07 Å². The van der Waals surface area contributed by atoms with Crippen molar-refractivity contribution < 1.29 is 22.7 Å². The van der Waals surface area contributed by atoms with Crippen LogP contribution in [0.1, 0.15) is 12.7 Å². The fourth-order valence-electron chi connectivity index (χ4n) is 1.80. The second-order valence-electron chi connectivity index (χ2n) is 4.65. The third kappa shape index (κ3) is 4.42. The van der Waals surface area contributed by atoms with Crippen molar-refractivity contribution in [2.24, 2.45) is 0 Å². The largest absolute Gasteiger partial charge is 0.411 e. The number of fused-ring (bicyclic) bond motifs is 1. The standard InChI is InChI=1S/C13H15F3N4O2/c1-9(22-8-13(14,15)16)12(21)17-6-5-11-19-18-10-4-2-3-7-20(10)11/h2-4,7,9H,5-6,8H2,1H3,(H,17,21)/t9-/m0/s1. The number of carbonyl (C=O) groups is 1. The third-order valence-corrected chi connectivity index (χ3v) is 2.90. The van der Waals surface area contributed by atoms with Crippen LogP contribution >= 0.6 is 0 Å². The van der Waals surface area contributed by atoms with Crippen molar-refractivity contribution in [1.82, 2.24) is 19.9 Å². The van der Waals surface area contributed by atoms with E-state index in [1.807, 2.05) is 12.1 Å². The predicted octanol–water partition coefficient (Wildman–Crippen LogP) is 1.36. The minimum atomic E-state index is -4.45. The van der Waals surface area contributed by atoms with E-state index < -0.39 is 24.8 Å². The highest BCUT2D eigenvalue weighted by molar-refractivity contribution is 5.80. The van der Waals surface area contributed by atoms with Gasteiger partial charge in [-0.15, -0.1) is 10.2 Å². The number of nitrogens with one attached hydrogen (secondary N) is 1. The van der Waals surface area contributed by atoms with Gasteiger partial charge in [0.05, 0.1) is 0 Å². The molecule has 0 bridgehead atoms. The maximum absolute atomic E-state index is 12.0. The summed E-state index contributed by atoms with van der Waals surface area (Å²) in [4.78, 5) is 11.6. The monoisotopic (exact) mass is 316 g/mol. The van der Waals surface area contributed by atoms with Crippen LogP contribution in [0.3, 0.4) is 0 Å². The molecule has 2 aromatic heterocycles. The van der Waals surface area contributed by atoms with Gasteiger partial charge >= 0.3 is 6.18 Å². The molecule has 1 N–H and O–H groups in total. The topological polar surface area (TPSA) is 68.5 Å². The molecule has 0 fully saturated rings. The smallest absolute Gasteiger partial charge is 0.359 e. The molecule has 9 heteroatoms. The zero-order valence-electron chi connectivity index (χ0n) is 11.8. The second-order valence-corrected chi connectivity index (χ2v) is 4.65. The molecule has 0 spiro atoms. The normalized spacial score (nSPS) is 13.3. The molecule has 1 atom stereocenters. The molecule has 120 valence electrons. The van der Waals surface area contributed by atoms with Gasteiger partial charge in [0.15, 0.2) is 5.65 Å². The molecule has 2 rings (SSSR count). The van der Waals surface area contributed by atoms with Crippen LogP contribution < -0.4 is 5.32 Å². The molecular weight excluding hydrogens is 301 g/mol. The molecule has 0 unspecified atom stereocenters. The van der Waals surface area contributed by atoms with Crippen LogP contribution in [-0.4, -0.2) is 45.9 Å². The Morgan fingerprint density at radius 3 is 2.91 bits per heavy atom. The summed E-state index contributed by atoms with van der Waals surface area (Å²) in [6.45, 7) is 0.0538. The Hall–Kier alpha value is -2.16. The van der Waals surface area contributed by atoms with E-state index in [0.29, 0.717) is 17.9 Å². The van der Waals surface area contributed by atoms with E-state index in [2.05, 4.69) is 20.3 Å². The lowest BCUT2D eigenvalue weighted by atomic mass is 10.3. The Morgan fingerprint density at radius 2 is 2.18 bits per heavy atom. The molecule has 2 aromatic rings. The first-order valence-electron chi connectivity index (χ1n) is 6.61. The van der Waals surface area contributed by atoms with Gasteiger partial charge < -0.3 is 10.1 Å². The summed E-state index contributed by atoms with van der Waals surface area (Å²) >= 11 is 0. The Morgan fingerprint density at radius 1 is 1.41 bits per heavy atom. The van der Waals surface area contributed by atoms with Crippen molar-refractivity contribution in [2.75, 3.05) is 13.2 Å². The first kappa shape index (κ1) is 16.2. The Balaban J connectivity index is 1.79. The summed E-state index contributed by atoms with van der Waals surface area (Å²) in [6.07, 6.45) is -3.42. The SMILES string of the molecule is C[C@H](OCC(F)(F)F)C(=O)NCCc1nnc2ccccn12. The van der Waals surface area contributed by atoms with Gasteiger partial charge in [0, 0.05) is 19.2 Å². The molecule has 0 saturated heterocycles. The van der Waals surface area contributed by atoms with Crippen LogP contribution in [0.5, 0.6) is 0 Å². The first-order valence-corrected chi connectivity index (χ1v) is 6.61. The third-order valence-electron chi connectivity index (χ3n) is 2.90. The number of ether oxygens (including phenoxy) is 1. The zero-order valence-corrected chi connectivity index (χ0v) is 11.8.